The van der Waals surface area contributed by atoms with Crippen LogP contribution in [0.5, 0.6) is 0 Å². The fourth-order valence-electron chi connectivity index (χ4n) is 3.08. The summed E-state index contributed by atoms with van der Waals surface area (Å²) in [5.41, 5.74) is 1.12. The molecule has 1 amide bonds. The number of hydrogen-bond donors (Lipinski definition) is 2. The highest BCUT2D eigenvalue weighted by atomic mass is 32.1. The lowest BCUT2D eigenvalue weighted by atomic mass is 10.0. The van der Waals surface area contributed by atoms with Gasteiger partial charge in [0, 0.05) is 17.5 Å². The zero-order valence-corrected chi connectivity index (χ0v) is 14.3. The summed E-state index contributed by atoms with van der Waals surface area (Å²) in [4.78, 5) is 16.8. The Balaban J connectivity index is 1.62. The second kappa shape index (κ2) is 7.88. The van der Waals surface area contributed by atoms with E-state index in [9.17, 15) is 4.79 Å². The quantitative estimate of drug-likeness (QED) is 0.809. The van der Waals surface area contributed by atoms with Crippen LogP contribution in [0, 0.1) is 0 Å². The van der Waals surface area contributed by atoms with Gasteiger partial charge in [-0.15, -0.1) is 11.3 Å². The van der Waals surface area contributed by atoms with Gasteiger partial charge in [0.1, 0.15) is 10.7 Å². The molecule has 128 valence electrons. The summed E-state index contributed by atoms with van der Waals surface area (Å²) >= 11 is 1.47. The maximum absolute atomic E-state index is 12.4. The van der Waals surface area contributed by atoms with Crippen LogP contribution in [-0.4, -0.2) is 41.4 Å². The predicted molar refractivity (Wildman–Crippen MR) is 94.1 cm³/mol. The number of nitrogens with zero attached hydrogens (tertiary/aromatic N) is 1. The number of thiazole rings is 1. The molecule has 0 unspecified atom stereocenters. The third-order valence-electron chi connectivity index (χ3n) is 4.34. The Kier molecular flexibility index (Phi) is 5.60. The summed E-state index contributed by atoms with van der Waals surface area (Å²) in [5, 5.41) is 14.6. The van der Waals surface area contributed by atoms with Crippen molar-refractivity contribution >= 4 is 17.2 Å². The minimum absolute atomic E-state index is 0.00220. The number of nitrogens with one attached hydrogen (secondary N) is 1. The van der Waals surface area contributed by atoms with E-state index in [2.05, 4.69) is 10.3 Å². The van der Waals surface area contributed by atoms with E-state index >= 15 is 0 Å². The Labute approximate surface area is 145 Å². The summed E-state index contributed by atoms with van der Waals surface area (Å²) < 4.78 is 5.82. The maximum atomic E-state index is 12.4. The van der Waals surface area contributed by atoms with Gasteiger partial charge in [0.25, 0.3) is 5.91 Å². The van der Waals surface area contributed by atoms with Crippen LogP contribution in [0.15, 0.2) is 35.7 Å². The van der Waals surface area contributed by atoms with Crippen molar-refractivity contribution in [1.29, 1.82) is 0 Å². The molecule has 5 nitrogen and oxygen atoms in total. The number of aliphatic hydroxyl groups is 1. The van der Waals surface area contributed by atoms with Crippen molar-refractivity contribution in [2.75, 3.05) is 19.8 Å². The molecular weight excluding hydrogens is 324 g/mol. The highest BCUT2D eigenvalue weighted by molar-refractivity contribution is 7.13. The molecule has 6 heteroatoms. The van der Waals surface area contributed by atoms with Crippen molar-refractivity contribution < 1.29 is 14.6 Å². The van der Waals surface area contributed by atoms with Gasteiger partial charge in [0.2, 0.25) is 0 Å². The molecule has 0 radical (unpaired) electrons. The lowest BCUT2D eigenvalue weighted by Gasteiger charge is -2.29. The normalized spacial score (nSPS) is 16.2. The Bertz CT molecular complexity index is 666. The van der Waals surface area contributed by atoms with Gasteiger partial charge in [-0.05, 0) is 12.8 Å². The molecule has 1 heterocycles. The molecule has 0 atom stereocenters. The molecule has 1 aliphatic carbocycles. The molecule has 1 aliphatic rings. The van der Waals surface area contributed by atoms with E-state index in [1.807, 2.05) is 30.3 Å². The first-order valence-corrected chi connectivity index (χ1v) is 9.14. The van der Waals surface area contributed by atoms with Crippen LogP contribution in [0.25, 0.3) is 10.6 Å². The smallest absolute Gasteiger partial charge is 0.270 e. The Morgan fingerprint density at radius 3 is 2.75 bits per heavy atom. The maximum Gasteiger partial charge on any atom is 0.270 e. The third-order valence-corrected chi connectivity index (χ3v) is 5.23. The molecular formula is C18H22N2O3S. The lowest BCUT2D eigenvalue weighted by molar-refractivity contribution is -0.0511. The molecule has 0 aliphatic heterocycles. The Morgan fingerprint density at radius 2 is 2.04 bits per heavy atom. The number of aliphatic hydroxyl groups excluding tert-OH is 1. The molecule has 1 aromatic heterocycles. The van der Waals surface area contributed by atoms with E-state index in [4.69, 9.17) is 9.84 Å². The topological polar surface area (TPSA) is 71.5 Å². The van der Waals surface area contributed by atoms with Crippen LogP contribution in [-0.2, 0) is 4.74 Å². The lowest BCUT2D eigenvalue weighted by Crippen LogP contribution is -2.43. The standard InChI is InChI=1S/C18H22N2O3S/c21-10-11-23-18(8-4-5-9-18)13-19-16(22)15-12-24-17(20-15)14-6-2-1-3-7-14/h1-3,6-7,12,21H,4-5,8-11,13H2,(H,19,22). The summed E-state index contributed by atoms with van der Waals surface area (Å²) in [6, 6.07) is 9.84. The number of carbonyl (C=O) groups excluding carboxylic acids is 1. The molecule has 0 spiro atoms. The summed E-state index contributed by atoms with van der Waals surface area (Å²) in [7, 11) is 0. The summed E-state index contributed by atoms with van der Waals surface area (Å²) in [5.74, 6) is -0.174. The zero-order chi connectivity index (χ0) is 16.8. The van der Waals surface area contributed by atoms with Gasteiger partial charge >= 0.3 is 0 Å². The number of benzene rings is 1. The van der Waals surface area contributed by atoms with Crippen LogP contribution < -0.4 is 5.32 Å². The van der Waals surface area contributed by atoms with E-state index < -0.39 is 0 Å². The second-order valence-electron chi connectivity index (χ2n) is 6.05. The van der Waals surface area contributed by atoms with Crippen LogP contribution in [0.1, 0.15) is 36.2 Å². The van der Waals surface area contributed by atoms with E-state index in [1.165, 1.54) is 11.3 Å². The van der Waals surface area contributed by atoms with Crippen LogP contribution >= 0.6 is 11.3 Å². The molecule has 1 aromatic carbocycles. The molecule has 24 heavy (non-hydrogen) atoms. The molecule has 2 aromatic rings. The summed E-state index contributed by atoms with van der Waals surface area (Å²) in [6.45, 7) is 0.775. The van der Waals surface area contributed by atoms with E-state index in [0.29, 0.717) is 18.8 Å². The number of aromatic nitrogens is 1. The first kappa shape index (κ1) is 17.1. The third kappa shape index (κ3) is 4.01. The fraction of sp³-hybridized carbons (Fsp3) is 0.444. The average Bonchev–Trinajstić information content (AvgIpc) is 3.29. The van der Waals surface area contributed by atoms with Gasteiger partial charge < -0.3 is 15.2 Å². The van der Waals surface area contributed by atoms with Gasteiger partial charge in [-0.3, -0.25) is 4.79 Å². The number of carbonyl (C=O) groups is 1. The first-order valence-electron chi connectivity index (χ1n) is 8.26. The van der Waals surface area contributed by atoms with E-state index in [-0.39, 0.29) is 18.1 Å². The van der Waals surface area contributed by atoms with Gasteiger partial charge in [-0.2, -0.15) is 0 Å². The number of ether oxygens (including phenoxy) is 1. The SMILES string of the molecule is O=C(NCC1(OCCO)CCCC1)c1csc(-c2ccccc2)n1. The minimum atomic E-state index is -0.337. The highest BCUT2D eigenvalue weighted by Gasteiger charge is 2.35. The number of hydrogen-bond acceptors (Lipinski definition) is 5. The Morgan fingerprint density at radius 1 is 1.29 bits per heavy atom. The molecule has 0 bridgehead atoms. The van der Waals surface area contributed by atoms with Crippen molar-refractivity contribution in [3.63, 3.8) is 0 Å². The van der Waals surface area contributed by atoms with E-state index in [1.54, 1.807) is 5.38 Å². The number of amides is 1. The van der Waals surface area contributed by atoms with Crippen LogP contribution in [0.2, 0.25) is 0 Å². The van der Waals surface area contributed by atoms with Gasteiger partial charge in [0.05, 0.1) is 18.8 Å². The first-order chi connectivity index (χ1) is 11.7. The minimum Gasteiger partial charge on any atom is -0.394 e. The molecule has 1 fully saturated rings. The predicted octanol–water partition coefficient (Wildman–Crippen LogP) is 2.86. The van der Waals surface area contributed by atoms with Crippen molar-refractivity contribution in [2.45, 2.75) is 31.3 Å². The average molecular weight is 346 g/mol. The van der Waals surface area contributed by atoms with Gasteiger partial charge in [0.15, 0.2) is 0 Å². The molecule has 3 rings (SSSR count). The largest absolute Gasteiger partial charge is 0.394 e. The van der Waals surface area contributed by atoms with Gasteiger partial charge in [-0.25, -0.2) is 4.98 Å². The van der Waals surface area contributed by atoms with Crippen LogP contribution in [0.4, 0.5) is 0 Å². The zero-order valence-electron chi connectivity index (χ0n) is 13.5. The van der Waals surface area contributed by atoms with Crippen molar-refractivity contribution in [2.24, 2.45) is 0 Å². The van der Waals surface area contributed by atoms with Crippen molar-refractivity contribution in [1.82, 2.24) is 10.3 Å². The van der Waals surface area contributed by atoms with Crippen molar-refractivity contribution in [3.05, 3.63) is 41.4 Å². The second-order valence-corrected chi connectivity index (χ2v) is 6.91. The molecule has 1 saturated carbocycles. The molecule has 2 N–H and O–H groups in total. The van der Waals surface area contributed by atoms with Crippen molar-refractivity contribution in [3.8, 4) is 10.6 Å². The fourth-order valence-corrected chi connectivity index (χ4v) is 3.88. The van der Waals surface area contributed by atoms with Crippen LogP contribution in [0.3, 0.4) is 0 Å². The monoisotopic (exact) mass is 346 g/mol. The van der Waals surface area contributed by atoms with Gasteiger partial charge in [-0.1, -0.05) is 43.2 Å². The number of rotatable bonds is 7. The Hall–Kier alpha value is -1.76. The molecule has 0 saturated heterocycles. The van der Waals surface area contributed by atoms with E-state index in [0.717, 1.165) is 36.3 Å². The highest BCUT2D eigenvalue weighted by Crippen LogP contribution is 2.32. The summed E-state index contributed by atoms with van der Waals surface area (Å²) in [6.07, 6.45) is 4.02.